The Bertz CT molecular complexity index is 986. The lowest BCUT2D eigenvalue weighted by molar-refractivity contribution is -0.133. The summed E-state index contributed by atoms with van der Waals surface area (Å²) in [6.45, 7) is 2.31. The van der Waals surface area contributed by atoms with E-state index in [1.165, 1.54) is 6.07 Å². The number of nitrogens with two attached hydrogens (primary N) is 1. The molecule has 33 heavy (non-hydrogen) atoms. The quantitative estimate of drug-likeness (QED) is 0.459. The van der Waals surface area contributed by atoms with Crippen molar-refractivity contribution in [3.8, 4) is 0 Å². The molecule has 1 aliphatic rings. The highest BCUT2D eigenvalue weighted by Crippen LogP contribution is 2.32. The lowest BCUT2D eigenvalue weighted by Gasteiger charge is -2.23. The Hall–Kier alpha value is -3.59. The van der Waals surface area contributed by atoms with E-state index in [0.29, 0.717) is 30.3 Å². The standard InChI is InChI=1S/C23H27FN4O2.CH2O2/c1-2-3-4-5-6-13-21-26-27-23(30-21)20-12-9-14-28(20)22(29)16-18(25)15-17-10-7-8-11-19(17)24;2-1-3/h2-8,10-11,13,18,20H,9,12,14-16,25H2,1H3;1H,(H,2,3)/t18-,20+;/m1./s1. The molecule has 1 amide bonds. The van der Waals surface area contributed by atoms with E-state index in [1.807, 2.05) is 37.3 Å². The first-order chi connectivity index (χ1) is 16.0. The van der Waals surface area contributed by atoms with Gasteiger partial charge in [0.2, 0.25) is 17.7 Å². The summed E-state index contributed by atoms with van der Waals surface area (Å²) in [5, 5.41) is 15.1. The number of aromatic nitrogens is 2. The number of allylic oxidation sites excluding steroid dienone is 5. The van der Waals surface area contributed by atoms with Crippen molar-refractivity contribution in [3.05, 3.63) is 77.8 Å². The molecule has 0 spiro atoms. The van der Waals surface area contributed by atoms with Crippen molar-refractivity contribution in [2.75, 3.05) is 6.54 Å². The lowest BCUT2D eigenvalue weighted by atomic mass is 10.0. The Morgan fingerprint density at radius 3 is 2.76 bits per heavy atom. The normalized spacial score (nSPS) is 16.9. The summed E-state index contributed by atoms with van der Waals surface area (Å²) in [4.78, 5) is 22.9. The summed E-state index contributed by atoms with van der Waals surface area (Å²) in [6.07, 6.45) is 13.2. The van der Waals surface area contributed by atoms with Gasteiger partial charge < -0.3 is 20.2 Å². The number of halogens is 1. The number of amides is 1. The number of hydrogen-bond acceptors (Lipinski definition) is 6. The minimum absolute atomic E-state index is 0.0779. The molecule has 1 fully saturated rings. The van der Waals surface area contributed by atoms with Crippen LogP contribution in [0.5, 0.6) is 0 Å². The third kappa shape index (κ3) is 8.12. The van der Waals surface area contributed by atoms with E-state index in [2.05, 4.69) is 10.2 Å². The smallest absolute Gasteiger partial charge is 0.290 e. The van der Waals surface area contributed by atoms with E-state index < -0.39 is 6.04 Å². The van der Waals surface area contributed by atoms with Gasteiger partial charge in [-0.15, -0.1) is 10.2 Å². The average molecular weight is 457 g/mol. The van der Waals surface area contributed by atoms with Crippen LogP contribution in [-0.4, -0.2) is 45.2 Å². The van der Waals surface area contributed by atoms with E-state index in [0.717, 1.165) is 12.8 Å². The lowest BCUT2D eigenvalue weighted by Crippen LogP contribution is -2.36. The average Bonchev–Trinajstić information content (AvgIpc) is 3.45. The van der Waals surface area contributed by atoms with Gasteiger partial charge in [-0.05, 0) is 37.8 Å². The predicted octanol–water partition coefficient (Wildman–Crippen LogP) is 3.68. The van der Waals surface area contributed by atoms with Gasteiger partial charge in [0.1, 0.15) is 11.9 Å². The molecule has 0 aliphatic carbocycles. The summed E-state index contributed by atoms with van der Waals surface area (Å²) < 4.78 is 19.6. The molecule has 0 bridgehead atoms. The molecule has 1 aromatic carbocycles. The number of benzene rings is 1. The maximum absolute atomic E-state index is 13.8. The number of nitrogens with zero attached hydrogens (tertiary/aromatic N) is 3. The van der Waals surface area contributed by atoms with Crippen LogP contribution in [0.15, 0.2) is 59.1 Å². The van der Waals surface area contributed by atoms with Crippen LogP contribution < -0.4 is 5.73 Å². The SMILES string of the molecule is CC=CC=CC=Cc1nnc([C@@H]2CCCN2C(=O)C[C@H](N)Cc2ccccc2F)o1.O=CO. The highest BCUT2D eigenvalue weighted by Gasteiger charge is 2.34. The molecule has 1 saturated heterocycles. The summed E-state index contributed by atoms with van der Waals surface area (Å²) in [6, 6.07) is 5.79. The molecule has 1 aromatic heterocycles. The zero-order valence-electron chi connectivity index (χ0n) is 18.5. The molecular formula is C24H29FN4O4. The number of likely N-dealkylation sites (tertiary alicyclic amines) is 1. The maximum Gasteiger partial charge on any atom is 0.290 e. The predicted molar refractivity (Wildman–Crippen MR) is 122 cm³/mol. The van der Waals surface area contributed by atoms with Crippen molar-refractivity contribution >= 4 is 18.5 Å². The van der Waals surface area contributed by atoms with Gasteiger partial charge in [-0.2, -0.15) is 0 Å². The summed E-state index contributed by atoms with van der Waals surface area (Å²) in [5.41, 5.74) is 6.66. The van der Waals surface area contributed by atoms with Crippen molar-refractivity contribution in [2.24, 2.45) is 5.73 Å². The second-order valence-electron chi connectivity index (χ2n) is 7.36. The van der Waals surface area contributed by atoms with Crippen molar-refractivity contribution < 1.29 is 23.5 Å². The van der Waals surface area contributed by atoms with Gasteiger partial charge in [-0.1, -0.05) is 48.6 Å². The van der Waals surface area contributed by atoms with E-state index >= 15 is 0 Å². The highest BCUT2D eigenvalue weighted by atomic mass is 19.1. The summed E-state index contributed by atoms with van der Waals surface area (Å²) in [7, 11) is 0. The molecule has 0 unspecified atom stereocenters. The van der Waals surface area contributed by atoms with Gasteiger partial charge >= 0.3 is 0 Å². The Morgan fingerprint density at radius 1 is 1.30 bits per heavy atom. The van der Waals surface area contributed by atoms with Crippen LogP contribution in [0, 0.1) is 5.82 Å². The van der Waals surface area contributed by atoms with E-state index in [4.69, 9.17) is 20.1 Å². The monoisotopic (exact) mass is 456 g/mol. The number of hydrogen-bond donors (Lipinski definition) is 2. The largest absolute Gasteiger partial charge is 0.483 e. The van der Waals surface area contributed by atoms with Gasteiger partial charge in [0.15, 0.2) is 0 Å². The number of carboxylic acid groups (broad SMARTS) is 1. The molecule has 176 valence electrons. The van der Waals surface area contributed by atoms with Crippen LogP contribution in [0.4, 0.5) is 4.39 Å². The Balaban J connectivity index is 0.00000122. The Morgan fingerprint density at radius 2 is 2.03 bits per heavy atom. The zero-order valence-corrected chi connectivity index (χ0v) is 18.5. The molecule has 9 heteroatoms. The molecule has 2 heterocycles. The van der Waals surface area contributed by atoms with Gasteiger partial charge in [0, 0.05) is 25.1 Å². The molecule has 1 aliphatic heterocycles. The van der Waals surface area contributed by atoms with E-state index in [-0.39, 0.29) is 30.7 Å². The minimum atomic E-state index is -0.458. The fourth-order valence-corrected chi connectivity index (χ4v) is 3.51. The van der Waals surface area contributed by atoms with Crippen LogP contribution in [0.1, 0.15) is 49.6 Å². The third-order valence-corrected chi connectivity index (χ3v) is 4.96. The first-order valence-corrected chi connectivity index (χ1v) is 10.7. The zero-order chi connectivity index (χ0) is 24.1. The van der Waals surface area contributed by atoms with Crippen molar-refractivity contribution in [3.63, 3.8) is 0 Å². The van der Waals surface area contributed by atoms with Crippen LogP contribution in [0.3, 0.4) is 0 Å². The van der Waals surface area contributed by atoms with Crippen molar-refractivity contribution in [1.29, 1.82) is 0 Å². The molecule has 8 nitrogen and oxygen atoms in total. The Kier molecular flexibility index (Phi) is 10.7. The van der Waals surface area contributed by atoms with Gasteiger partial charge in [-0.25, -0.2) is 4.39 Å². The Labute approximate surface area is 192 Å². The second kappa shape index (κ2) is 13.7. The van der Waals surface area contributed by atoms with Crippen LogP contribution in [0.2, 0.25) is 0 Å². The molecule has 0 radical (unpaired) electrons. The number of rotatable bonds is 8. The molecule has 0 saturated carbocycles. The van der Waals surface area contributed by atoms with Crippen molar-refractivity contribution in [1.82, 2.24) is 15.1 Å². The second-order valence-corrected chi connectivity index (χ2v) is 7.36. The van der Waals surface area contributed by atoms with Crippen LogP contribution in [-0.2, 0) is 16.0 Å². The van der Waals surface area contributed by atoms with Gasteiger partial charge in [-0.3, -0.25) is 9.59 Å². The fraction of sp³-hybridized carbons (Fsp3) is 0.333. The minimum Gasteiger partial charge on any atom is -0.483 e. The van der Waals surface area contributed by atoms with Crippen LogP contribution in [0.25, 0.3) is 6.08 Å². The fourth-order valence-electron chi connectivity index (χ4n) is 3.51. The molecule has 2 atom stereocenters. The number of carbonyl (C=O) groups is 2. The molecule has 2 aromatic rings. The molecular weight excluding hydrogens is 427 g/mol. The van der Waals surface area contributed by atoms with Gasteiger partial charge in [0.05, 0.1) is 0 Å². The van der Waals surface area contributed by atoms with Crippen LogP contribution >= 0.6 is 0 Å². The summed E-state index contributed by atoms with van der Waals surface area (Å²) >= 11 is 0. The topological polar surface area (TPSA) is 123 Å². The number of carbonyl (C=O) groups excluding carboxylic acids is 1. The third-order valence-electron chi connectivity index (χ3n) is 4.96. The maximum atomic E-state index is 13.8. The van der Waals surface area contributed by atoms with E-state index in [9.17, 15) is 9.18 Å². The molecule has 3 N–H and O–H groups in total. The first-order valence-electron chi connectivity index (χ1n) is 10.7. The highest BCUT2D eigenvalue weighted by molar-refractivity contribution is 5.77. The van der Waals surface area contributed by atoms with E-state index in [1.54, 1.807) is 29.2 Å². The first kappa shape index (κ1) is 25.7. The van der Waals surface area contributed by atoms with Gasteiger partial charge in [0.25, 0.3) is 6.47 Å². The molecule has 3 rings (SSSR count). The van der Waals surface area contributed by atoms with Crippen molar-refractivity contribution in [2.45, 2.75) is 44.7 Å². The summed E-state index contributed by atoms with van der Waals surface area (Å²) in [5.74, 6) is 0.448.